The van der Waals surface area contributed by atoms with Gasteiger partial charge in [-0.25, -0.2) is 4.79 Å². The number of carbonyl (C=O) groups excluding carboxylic acids is 2. The average molecular weight is 323 g/mol. The van der Waals surface area contributed by atoms with Gasteiger partial charge >= 0.3 is 5.97 Å². The zero-order valence-corrected chi connectivity index (χ0v) is 12.7. The van der Waals surface area contributed by atoms with E-state index in [2.05, 4.69) is 10.6 Å². The molecule has 1 amide bonds. The van der Waals surface area contributed by atoms with Gasteiger partial charge in [0.25, 0.3) is 5.91 Å². The van der Waals surface area contributed by atoms with Crippen molar-refractivity contribution in [3.63, 3.8) is 0 Å². The van der Waals surface area contributed by atoms with Gasteiger partial charge < -0.3 is 20.6 Å². The molecule has 4 atom stereocenters. The summed E-state index contributed by atoms with van der Waals surface area (Å²) in [5, 5.41) is 15.6. The van der Waals surface area contributed by atoms with E-state index in [4.69, 9.17) is 0 Å². The number of rotatable bonds is 3. The quantitative estimate of drug-likeness (QED) is 0.622. The van der Waals surface area contributed by atoms with Crippen molar-refractivity contribution in [3.05, 3.63) is 11.3 Å². The molecule has 4 heterocycles. The van der Waals surface area contributed by atoms with E-state index in [0.29, 0.717) is 24.3 Å². The third kappa shape index (κ3) is 1.90. The number of carboxylic acids is 1. The van der Waals surface area contributed by atoms with E-state index in [1.165, 1.54) is 11.8 Å². The number of nitrogens with one attached hydrogen (secondary N) is 2. The van der Waals surface area contributed by atoms with Gasteiger partial charge in [0.15, 0.2) is 0 Å². The smallest absolute Gasteiger partial charge is 0.352 e. The lowest BCUT2D eigenvalue weighted by Gasteiger charge is -2.51. The van der Waals surface area contributed by atoms with Crippen molar-refractivity contribution in [2.75, 3.05) is 18.8 Å². The van der Waals surface area contributed by atoms with Crippen molar-refractivity contribution in [2.24, 2.45) is 5.92 Å². The standard InChI is InChI=1S/C14H17N3O4S/c18-12(16-7-2-4-22-14(7)21)9-6-1-3-15-8-5-17(10(6)8)11(9)13(19)20/h6-8,10,15H,1-5H2,(H,16,18)(H,19,20)/t6?,7-,8?,10?/m0/s1. The lowest BCUT2D eigenvalue weighted by atomic mass is 9.79. The van der Waals surface area contributed by atoms with E-state index >= 15 is 0 Å². The second kappa shape index (κ2) is 4.99. The normalized spacial score (nSPS) is 36.2. The van der Waals surface area contributed by atoms with E-state index in [0.717, 1.165) is 13.0 Å². The number of amides is 1. The molecule has 3 N–H and O–H groups in total. The summed E-state index contributed by atoms with van der Waals surface area (Å²) in [6, 6.07) is -0.137. The molecule has 0 radical (unpaired) electrons. The molecule has 3 unspecified atom stereocenters. The second-order valence-electron chi connectivity index (χ2n) is 6.15. The number of hydrogen-bond donors (Lipinski definition) is 3. The maximum Gasteiger partial charge on any atom is 0.352 e. The monoisotopic (exact) mass is 323 g/mol. The van der Waals surface area contributed by atoms with Crippen LogP contribution in [0.2, 0.25) is 0 Å². The molecule has 0 spiro atoms. The van der Waals surface area contributed by atoms with Gasteiger partial charge in [-0.15, -0.1) is 0 Å². The highest BCUT2D eigenvalue weighted by atomic mass is 32.2. The Bertz CT molecular complexity index is 605. The predicted molar refractivity (Wildman–Crippen MR) is 79.1 cm³/mol. The summed E-state index contributed by atoms with van der Waals surface area (Å²) < 4.78 is 0. The zero-order chi connectivity index (χ0) is 15.4. The van der Waals surface area contributed by atoms with Crippen molar-refractivity contribution in [2.45, 2.75) is 31.0 Å². The molecule has 0 aromatic heterocycles. The fourth-order valence-electron chi connectivity index (χ4n) is 4.06. The molecule has 0 saturated carbocycles. The highest BCUT2D eigenvalue weighted by Gasteiger charge is 2.56. The minimum Gasteiger partial charge on any atom is -0.477 e. The predicted octanol–water partition coefficient (Wildman–Crippen LogP) is -0.851. The molecule has 4 aliphatic heterocycles. The summed E-state index contributed by atoms with van der Waals surface area (Å²) in [5.41, 5.74) is 0.497. The first kappa shape index (κ1) is 14.1. The number of hydrogen-bond acceptors (Lipinski definition) is 6. The molecule has 4 rings (SSSR count). The van der Waals surface area contributed by atoms with E-state index < -0.39 is 12.0 Å². The van der Waals surface area contributed by atoms with Gasteiger partial charge in [-0.1, -0.05) is 11.8 Å². The molecule has 4 aliphatic rings. The van der Waals surface area contributed by atoms with Crippen LogP contribution in [0, 0.1) is 5.92 Å². The van der Waals surface area contributed by atoms with Crippen LogP contribution in [0.5, 0.6) is 0 Å². The topological polar surface area (TPSA) is 98.7 Å². The van der Waals surface area contributed by atoms with Gasteiger partial charge in [0.05, 0.1) is 17.7 Å². The Labute approximate surface area is 131 Å². The van der Waals surface area contributed by atoms with E-state index in [-0.39, 0.29) is 34.7 Å². The Morgan fingerprint density at radius 1 is 1.36 bits per heavy atom. The van der Waals surface area contributed by atoms with Gasteiger partial charge in [-0.3, -0.25) is 9.59 Å². The third-order valence-electron chi connectivity index (χ3n) is 5.04. The average Bonchev–Trinajstić information content (AvgIpc) is 2.97. The fraction of sp³-hybridized carbons (Fsp3) is 0.643. The van der Waals surface area contributed by atoms with Crippen LogP contribution < -0.4 is 10.6 Å². The molecule has 22 heavy (non-hydrogen) atoms. The molecule has 118 valence electrons. The molecule has 3 saturated heterocycles. The Morgan fingerprint density at radius 3 is 2.86 bits per heavy atom. The zero-order valence-electron chi connectivity index (χ0n) is 11.9. The van der Waals surface area contributed by atoms with Crippen LogP contribution in [0.25, 0.3) is 0 Å². The summed E-state index contributed by atoms with van der Waals surface area (Å²) in [5.74, 6) is -0.766. The van der Waals surface area contributed by atoms with E-state index in [1.54, 1.807) is 0 Å². The Hall–Kier alpha value is -1.54. The molecular formula is C14H17N3O4S. The molecule has 8 heteroatoms. The third-order valence-corrected chi connectivity index (χ3v) is 6.05. The van der Waals surface area contributed by atoms with Gasteiger partial charge in [0, 0.05) is 24.3 Å². The minimum atomic E-state index is -1.05. The Balaban J connectivity index is 1.63. The largest absolute Gasteiger partial charge is 0.477 e. The summed E-state index contributed by atoms with van der Waals surface area (Å²) in [4.78, 5) is 37.8. The second-order valence-corrected chi connectivity index (χ2v) is 7.25. The van der Waals surface area contributed by atoms with E-state index in [9.17, 15) is 19.5 Å². The molecule has 3 fully saturated rings. The first-order valence-electron chi connectivity index (χ1n) is 7.53. The van der Waals surface area contributed by atoms with Crippen molar-refractivity contribution in [1.29, 1.82) is 0 Å². The first-order valence-corrected chi connectivity index (χ1v) is 8.51. The molecule has 0 aromatic rings. The van der Waals surface area contributed by atoms with Crippen molar-refractivity contribution in [3.8, 4) is 0 Å². The number of nitrogens with zero attached hydrogens (tertiary/aromatic N) is 1. The Morgan fingerprint density at radius 2 is 2.18 bits per heavy atom. The van der Waals surface area contributed by atoms with E-state index in [1.807, 2.05) is 4.90 Å². The highest BCUT2D eigenvalue weighted by molar-refractivity contribution is 8.14. The van der Waals surface area contributed by atoms with Gasteiger partial charge in [-0.05, 0) is 19.4 Å². The van der Waals surface area contributed by atoms with Crippen LogP contribution in [-0.2, 0) is 14.4 Å². The van der Waals surface area contributed by atoms with Crippen molar-refractivity contribution < 1.29 is 19.5 Å². The number of carbonyl (C=O) groups is 3. The molecule has 7 nitrogen and oxygen atoms in total. The van der Waals surface area contributed by atoms with Crippen molar-refractivity contribution in [1.82, 2.24) is 15.5 Å². The van der Waals surface area contributed by atoms with Crippen LogP contribution in [0.3, 0.4) is 0 Å². The number of aliphatic carboxylic acids is 1. The highest BCUT2D eigenvalue weighted by Crippen LogP contribution is 2.45. The maximum atomic E-state index is 12.6. The van der Waals surface area contributed by atoms with Gasteiger partial charge in [-0.2, -0.15) is 0 Å². The molecule has 0 bridgehead atoms. The van der Waals surface area contributed by atoms with Crippen LogP contribution in [0.4, 0.5) is 0 Å². The SMILES string of the molecule is O=C(O)C1=C(C(=O)N[C@H]2CCSC2=O)C2CCNC3CN1C32. The lowest BCUT2D eigenvalue weighted by Crippen LogP contribution is -2.68. The first-order chi connectivity index (χ1) is 10.6. The molecule has 0 aliphatic carbocycles. The Kier molecular flexibility index (Phi) is 3.19. The number of thioether (sulfide) groups is 1. The van der Waals surface area contributed by atoms with Gasteiger partial charge in [0.1, 0.15) is 5.70 Å². The summed E-state index contributed by atoms with van der Waals surface area (Å²) >= 11 is 1.22. The fourth-order valence-corrected chi connectivity index (χ4v) is 4.99. The van der Waals surface area contributed by atoms with Crippen LogP contribution in [-0.4, -0.2) is 64.0 Å². The lowest BCUT2D eigenvalue weighted by molar-refractivity contribution is -0.136. The summed E-state index contributed by atoms with van der Waals surface area (Å²) in [7, 11) is 0. The van der Waals surface area contributed by atoms with Crippen LogP contribution in [0.15, 0.2) is 11.3 Å². The minimum absolute atomic E-state index is 0.0321. The van der Waals surface area contributed by atoms with Gasteiger partial charge in [0.2, 0.25) is 5.12 Å². The van der Waals surface area contributed by atoms with Crippen molar-refractivity contribution >= 4 is 28.8 Å². The molecule has 0 aromatic carbocycles. The van der Waals surface area contributed by atoms with Crippen LogP contribution in [0.1, 0.15) is 12.8 Å². The van der Waals surface area contributed by atoms with Crippen LogP contribution >= 0.6 is 11.8 Å². The number of carboxylic acid groups (broad SMARTS) is 1. The number of piperidine rings is 1. The molecular weight excluding hydrogens is 306 g/mol. The maximum absolute atomic E-state index is 12.6. The summed E-state index contributed by atoms with van der Waals surface area (Å²) in [6.45, 7) is 1.43. The summed E-state index contributed by atoms with van der Waals surface area (Å²) in [6.07, 6.45) is 1.37.